The molecular weight excluding hydrogens is 512 g/mol. The van der Waals surface area contributed by atoms with Gasteiger partial charge in [-0.3, -0.25) is 14.5 Å². The molecule has 3 aromatic rings. The summed E-state index contributed by atoms with van der Waals surface area (Å²) < 4.78 is 3.01. The van der Waals surface area contributed by atoms with Gasteiger partial charge in [-0.25, -0.2) is 9.55 Å². The Morgan fingerprint density at radius 1 is 1.40 bits per heavy atom. The minimum Gasteiger partial charge on any atom is -0.543 e. The third-order valence-corrected chi connectivity index (χ3v) is 8.42. The number of rotatable bonds is 7. The van der Waals surface area contributed by atoms with Crippen molar-refractivity contribution >= 4 is 73.1 Å². The Morgan fingerprint density at radius 2 is 2.23 bits per heavy atom. The third kappa shape index (κ3) is 4.24. The van der Waals surface area contributed by atoms with Crippen LogP contribution in [0.5, 0.6) is 0 Å². The van der Waals surface area contributed by atoms with Crippen molar-refractivity contribution in [2.75, 3.05) is 18.6 Å². The number of thiazole rings is 1. The fraction of sp³-hybridized carbons (Fsp3) is 0.238. The fourth-order valence-corrected chi connectivity index (χ4v) is 6.61. The van der Waals surface area contributed by atoms with E-state index in [9.17, 15) is 19.5 Å². The normalized spacial score (nSPS) is 20.0. The van der Waals surface area contributed by atoms with E-state index in [1.54, 1.807) is 16.7 Å². The van der Waals surface area contributed by atoms with Crippen molar-refractivity contribution in [3.63, 3.8) is 0 Å². The van der Waals surface area contributed by atoms with Gasteiger partial charge in [-0.15, -0.1) is 34.4 Å². The molecule has 0 bridgehead atoms. The number of hydrogen-bond donors (Lipinski definition) is 2. The predicted octanol–water partition coefficient (Wildman–Crippen LogP) is -0.318. The lowest BCUT2D eigenvalue weighted by Crippen LogP contribution is -2.71. The number of nitrogens with one attached hydrogen (secondary N) is 1. The van der Waals surface area contributed by atoms with Gasteiger partial charge in [0, 0.05) is 27.5 Å². The fourth-order valence-electron chi connectivity index (χ4n) is 3.97. The maximum Gasteiger partial charge on any atom is 0.276 e. The average Bonchev–Trinajstić information content (AvgIpc) is 3.48. The summed E-state index contributed by atoms with van der Waals surface area (Å²) in [5.41, 5.74) is 6.13. The highest BCUT2D eigenvalue weighted by molar-refractivity contribution is 8.00. The van der Waals surface area contributed by atoms with Gasteiger partial charge in [-0.1, -0.05) is 5.16 Å². The van der Waals surface area contributed by atoms with Crippen LogP contribution in [0.15, 0.2) is 51.7 Å². The topological polar surface area (TPSA) is 154 Å². The molecular formula is C21H18N6O5S3. The molecule has 5 heterocycles. The standard InChI is InChI=1S/C21H18N6O5S3/c1-32-25-14(12-9-35-21(22)23-12)17(28)24-15-18(29)27-16(20(30)31)11(8-34-19(15)27)7-26-4-2-13-10(6-26)3-5-33-13/h2-6,9,15,19H,7-8H2,1H3,(H3-,22,23,24,28,30,31)/t15?,19-/m1/s1. The van der Waals surface area contributed by atoms with E-state index < -0.39 is 29.2 Å². The molecule has 1 saturated heterocycles. The molecule has 180 valence electrons. The van der Waals surface area contributed by atoms with Gasteiger partial charge >= 0.3 is 0 Å². The van der Waals surface area contributed by atoms with Crippen molar-refractivity contribution in [3.8, 4) is 0 Å². The van der Waals surface area contributed by atoms with Crippen LogP contribution in [-0.2, 0) is 25.8 Å². The van der Waals surface area contributed by atoms with E-state index in [1.807, 2.05) is 34.5 Å². The number of aromatic nitrogens is 2. The van der Waals surface area contributed by atoms with Gasteiger partial charge in [0.25, 0.3) is 11.8 Å². The number of fused-ring (bicyclic) bond motifs is 2. The summed E-state index contributed by atoms with van der Waals surface area (Å²) in [6, 6.07) is 3.02. The summed E-state index contributed by atoms with van der Waals surface area (Å²) in [5, 5.41) is 22.6. The maximum absolute atomic E-state index is 13.0. The number of carbonyl (C=O) groups excluding carboxylic acids is 3. The molecule has 3 aromatic heterocycles. The molecule has 0 aromatic carbocycles. The number of nitrogens with zero attached hydrogens (tertiary/aromatic N) is 4. The Bertz CT molecular complexity index is 1410. The van der Waals surface area contributed by atoms with Crippen LogP contribution in [0, 0.1) is 0 Å². The zero-order valence-electron chi connectivity index (χ0n) is 18.2. The van der Waals surface area contributed by atoms with E-state index in [4.69, 9.17) is 10.6 Å². The Balaban J connectivity index is 1.36. The second-order valence-corrected chi connectivity index (χ2v) is 10.6. The lowest BCUT2D eigenvalue weighted by atomic mass is 10.0. The van der Waals surface area contributed by atoms with Crippen molar-refractivity contribution in [1.82, 2.24) is 15.2 Å². The molecule has 1 fully saturated rings. The molecule has 2 aliphatic heterocycles. The number of nitrogen functional groups attached to an aromatic ring is 1. The third-order valence-electron chi connectivity index (χ3n) is 5.51. The van der Waals surface area contributed by atoms with Crippen LogP contribution in [-0.4, -0.2) is 57.7 Å². The van der Waals surface area contributed by atoms with Crippen molar-refractivity contribution in [1.29, 1.82) is 0 Å². The van der Waals surface area contributed by atoms with Crippen LogP contribution in [0.4, 0.5) is 5.13 Å². The Hall–Kier alpha value is -3.49. The highest BCUT2D eigenvalue weighted by Gasteiger charge is 2.53. The van der Waals surface area contributed by atoms with Gasteiger partial charge in [-0.2, -0.15) is 0 Å². The minimum atomic E-state index is -1.43. The van der Waals surface area contributed by atoms with Crippen LogP contribution in [0.25, 0.3) is 10.1 Å². The predicted molar refractivity (Wildman–Crippen MR) is 129 cm³/mol. The number of anilines is 1. The van der Waals surface area contributed by atoms with E-state index in [2.05, 4.69) is 15.5 Å². The Kier molecular flexibility index (Phi) is 6.17. The lowest BCUT2D eigenvalue weighted by Gasteiger charge is -2.50. The van der Waals surface area contributed by atoms with E-state index >= 15 is 0 Å². The number of thioether (sulfide) groups is 1. The van der Waals surface area contributed by atoms with Gasteiger partial charge < -0.3 is 25.8 Å². The molecule has 1 unspecified atom stereocenters. The summed E-state index contributed by atoms with van der Waals surface area (Å²) >= 11 is 4.12. The summed E-state index contributed by atoms with van der Waals surface area (Å²) in [5.74, 6) is -2.29. The summed E-state index contributed by atoms with van der Waals surface area (Å²) in [4.78, 5) is 47.8. The zero-order valence-corrected chi connectivity index (χ0v) is 20.6. The highest BCUT2D eigenvalue weighted by atomic mass is 32.2. The molecule has 0 radical (unpaired) electrons. The maximum atomic E-state index is 13.0. The first-order valence-electron chi connectivity index (χ1n) is 10.2. The SMILES string of the molecule is CON=C(C(=O)NC1C(=O)N2C(C(=O)[O-])=C(C[n+]3ccc4sccc4c3)CS[C@H]12)c1csc(N)n1. The number of amides is 2. The van der Waals surface area contributed by atoms with E-state index in [0.717, 1.165) is 21.4 Å². The number of carboxylic acids is 1. The van der Waals surface area contributed by atoms with Crippen molar-refractivity contribution in [3.05, 3.63) is 52.3 Å². The Labute approximate surface area is 210 Å². The number of nitrogens with two attached hydrogens (primary N) is 1. The van der Waals surface area contributed by atoms with Crippen LogP contribution in [0.2, 0.25) is 0 Å². The second-order valence-electron chi connectivity index (χ2n) is 7.65. The van der Waals surface area contributed by atoms with Crippen LogP contribution >= 0.6 is 34.4 Å². The molecule has 5 rings (SSSR count). The zero-order chi connectivity index (χ0) is 24.7. The number of aliphatic carboxylic acids is 1. The van der Waals surface area contributed by atoms with Crippen LogP contribution in [0.1, 0.15) is 5.69 Å². The lowest BCUT2D eigenvalue weighted by molar-refractivity contribution is -0.687. The van der Waals surface area contributed by atoms with Gasteiger partial charge in [0.1, 0.15) is 24.2 Å². The number of hydrogen-bond acceptors (Lipinski definition) is 11. The molecule has 0 saturated carbocycles. The molecule has 35 heavy (non-hydrogen) atoms. The first kappa shape index (κ1) is 23.3. The number of oxime groups is 1. The average molecular weight is 531 g/mol. The molecule has 14 heteroatoms. The molecule has 11 nitrogen and oxygen atoms in total. The van der Waals surface area contributed by atoms with Crippen LogP contribution < -0.4 is 20.7 Å². The number of carbonyl (C=O) groups is 3. The monoisotopic (exact) mass is 530 g/mol. The van der Waals surface area contributed by atoms with E-state index in [0.29, 0.717) is 17.9 Å². The van der Waals surface area contributed by atoms with Crippen LogP contribution in [0.3, 0.4) is 0 Å². The minimum absolute atomic E-state index is 0.135. The number of carboxylic acid groups (broad SMARTS) is 1. The summed E-state index contributed by atoms with van der Waals surface area (Å²) in [7, 11) is 1.28. The molecule has 2 amide bonds. The molecule has 0 spiro atoms. The van der Waals surface area contributed by atoms with Gasteiger partial charge in [0.2, 0.25) is 0 Å². The summed E-state index contributed by atoms with van der Waals surface area (Å²) in [6.45, 7) is 0.297. The first-order valence-corrected chi connectivity index (χ1v) is 13.1. The number of thiophene rings is 1. The van der Waals surface area contributed by atoms with E-state index in [-0.39, 0.29) is 22.2 Å². The highest BCUT2D eigenvalue weighted by Crippen LogP contribution is 2.40. The molecule has 3 N–H and O–H groups in total. The number of pyridine rings is 1. The molecule has 2 atom stereocenters. The smallest absolute Gasteiger partial charge is 0.276 e. The molecule has 0 aliphatic carbocycles. The first-order chi connectivity index (χ1) is 16.9. The Morgan fingerprint density at radius 3 is 2.94 bits per heavy atom. The van der Waals surface area contributed by atoms with Gasteiger partial charge in [-0.05, 0) is 11.4 Å². The second kappa shape index (κ2) is 9.28. The summed E-state index contributed by atoms with van der Waals surface area (Å²) in [6.07, 6.45) is 3.81. The van der Waals surface area contributed by atoms with Crippen molar-refractivity contribution < 1.29 is 28.9 Å². The largest absolute Gasteiger partial charge is 0.543 e. The molecule has 2 aliphatic rings. The number of β-lactam (4-membered cyclic amide) rings is 1. The van der Waals surface area contributed by atoms with Gasteiger partial charge in [0.05, 0.1) is 17.1 Å². The van der Waals surface area contributed by atoms with Crippen molar-refractivity contribution in [2.24, 2.45) is 5.16 Å². The van der Waals surface area contributed by atoms with Gasteiger partial charge in [0.15, 0.2) is 29.8 Å². The van der Waals surface area contributed by atoms with Crippen molar-refractivity contribution in [2.45, 2.75) is 18.0 Å². The quantitative estimate of drug-likeness (QED) is 0.182. The van der Waals surface area contributed by atoms with E-state index in [1.165, 1.54) is 23.8 Å².